The van der Waals surface area contributed by atoms with Gasteiger partial charge in [0.25, 0.3) is 10.0 Å². The first-order valence-electron chi connectivity index (χ1n) is 6.40. The van der Waals surface area contributed by atoms with Crippen molar-refractivity contribution in [3.05, 3.63) is 17.0 Å². The van der Waals surface area contributed by atoms with Gasteiger partial charge >= 0.3 is 5.97 Å². The van der Waals surface area contributed by atoms with E-state index >= 15 is 0 Å². The topological polar surface area (TPSA) is 77.9 Å². The summed E-state index contributed by atoms with van der Waals surface area (Å²) in [5.74, 6) is 1.58. The molecule has 0 spiro atoms. The van der Waals surface area contributed by atoms with Crippen molar-refractivity contribution in [2.75, 3.05) is 32.7 Å². The number of carboxylic acid groups (broad SMARTS) is 1. The Morgan fingerprint density at radius 1 is 1.33 bits per heavy atom. The van der Waals surface area contributed by atoms with Crippen molar-refractivity contribution in [3.63, 3.8) is 0 Å². The van der Waals surface area contributed by atoms with Gasteiger partial charge in [-0.3, -0.25) is 9.69 Å². The fourth-order valence-electron chi connectivity index (χ4n) is 2.13. The molecule has 114 valence electrons. The van der Waals surface area contributed by atoms with Crippen LogP contribution in [0.2, 0.25) is 0 Å². The van der Waals surface area contributed by atoms with Crippen LogP contribution in [-0.2, 0) is 21.2 Å². The Morgan fingerprint density at radius 3 is 2.57 bits per heavy atom. The Morgan fingerprint density at radius 2 is 2.00 bits per heavy atom. The zero-order valence-corrected chi connectivity index (χ0v) is 13.0. The molecular formula is C13H16N2O4S2. The molecule has 0 saturated carbocycles. The average molecular weight is 328 g/mol. The summed E-state index contributed by atoms with van der Waals surface area (Å²) >= 11 is 1.02. The van der Waals surface area contributed by atoms with E-state index in [0.717, 1.165) is 11.3 Å². The summed E-state index contributed by atoms with van der Waals surface area (Å²) in [7, 11) is -3.53. The molecule has 0 aromatic carbocycles. The summed E-state index contributed by atoms with van der Waals surface area (Å²) < 4.78 is 26.6. The predicted molar refractivity (Wildman–Crippen MR) is 79.7 cm³/mol. The van der Waals surface area contributed by atoms with Crippen molar-refractivity contribution >= 4 is 27.3 Å². The minimum absolute atomic E-state index is 0.157. The second-order valence-corrected chi connectivity index (χ2v) is 8.01. The molecule has 0 atom stereocenters. The number of hydrogen-bond acceptors (Lipinski definition) is 5. The molecule has 2 heterocycles. The van der Waals surface area contributed by atoms with E-state index in [2.05, 4.69) is 5.92 Å². The SMILES string of the molecule is C#CCN1CCN(S(=O)(=O)c2ccc(CC(=O)O)s2)CC1. The Kier molecular flexibility index (Phi) is 5.00. The highest BCUT2D eigenvalue weighted by Gasteiger charge is 2.29. The Balaban J connectivity index is 2.07. The van der Waals surface area contributed by atoms with Crippen LogP contribution in [0.1, 0.15) is 4.88 Å². The van der Waals surface area contributed by atoms with E-state index in [1.807, 2.05) is 4.90 Å². The smallest absolute Gasteiger partial charge is 0.308 e. The highest BCUT2D eigenvalue weighted by molar-refractivity contribution is 7.91. The fraction of sp³-hybridized carbons (Fsp3) is 0.462. The molecule has 0 unspecified atom stereocenters. The first-order chi connectivity index (χ1) is 9.93. The summed E-state index contributed by atoms with van der Waals surface area (Å²) in [5.41, 5.74) is 0. The number of aliphatic carboxylic acids is 1. The molecule has 1 fully saturated rings. The van der Waals surface area contributed by atoms with Crippen molar-refractivity contribution in [2.45, 2.75) is 10.6 Å². The first kappa shape index (κ1) is 16.0. The third kappa shape index (κ3) is 3.83. The second kappa shape index (κ2) is 6.58. The van der Waals surface area contributed by atoms with Crippen molar-refractivity contribution < 1.29 is 18.3 Å². The summed E-state index contributed by atoms with van der Waals surface area (Å²) in [5, 5.41) is 8.73. The molecule has 0 aliphatic carbocycles. The number of sulfonamides is 1. The van der Waals surface area contributed by atoms with E-state index in [0.29, 0.717) is 37.6 Å². The van der Waals surface area contributed by atoms with E-state index in [1.54, 1.807) is 6.07 Å². The molecule has 8 heteroatoms. The van der Waals surface area contributed by atoms with Crippen LogP contribution < -0.4 is 0 Å². The van der Waals surface area contributed by atoms with Gasteiger partial charge < -0.3 is 5.11 Å². The van der Waals surface area contributed by atoms with Crippen LogP contribution in [0.15, 0.2) is 16.3 Å². The van der Waals surface area contributed by atoms with Gasteiger partial charge in [-0.1, -0.05) is 5.92 Å². The molecule has 0 amide bonds. The molecule has 1 aromatic rings. The molecule has 1 aromatic heterocycles. The molecule has 21 heavy (non-hydrogen) atoms. The highest BCUT2D eigenvalue weighted by Crippen LogP contribution is 2.26. The molecule has 1 aliphatic heterocycles. The quantitative estimate of drug-likeness (QED) is 0.788. The van der Waals surface area contributed by atoms with Crippen LogP contribution in [-0.4, -0.2) is 61.4 Å². The van der Waals surface area contributed by atoms with Gasteiger partial charge in [0.2, 0.25) is 0 Å². The lowest BCUT2D eigenvalue weighted by atomic mass is 10.3. The van der Waals surface area contributed by atoms with Crippen molar-refractivity contribution in [1.82, 2.24) is 9.21 Å². The van der Waals surface area contributed by atoms with Crippen molar-refractivity contribution in [1.29, 1.82) is 0 Å². The third-order valence-corrected chi connectivity index (χ3v) is 6.65. The zero-order chi connectivity index (χ0) is 15.5. The van der Waals surface area contributed by atoms with Gasteiger partial charge in [-0.25, -0.2) is 8.42 Å². The number of hydrogen-bond donors (Lipinski definition) is 1. The van der Waals surface area contributed by atoms with Gasteiger partial charge in [0, 0.05) is 31.1 Å². The van der Waals surface area contributed by atoms with Crippen molar-refractivity contribution in [2.24, 2.45) is 0 Å². The number of rotatable bonds is 5. The highest BCUT2D eigenvalue weighted by atomic mass is 32.2. The minimum Gasteiger partial charge on any atom is -0.481 e. The number of piperazine rings is 1. The lowest BCUT2D eigenvalue weighted by molar-refractivity contribution is -0.136. The van der Waals surface area contributed by atoms with Gasteiger partial charge in [0.1, 0.15) is 4.21 Å². The van der Waals surface area contributed by atoms with Gasteiger partial charge in [-0.15, -0.1) is 17.8 Å². The zero-order valence-electron chi connectivity index (χ0n) is 11.4. The number of carboxylic acids is 1. The molecule has 0 radical (unpaired) electrons. The molecule has 1 aliphatic rings. The number of carbonyl (C=O) groups is 1. The monoisotopic (exact) mass is 328 g/mol. The minimum atomic E-state index is -3.53. The summed E-state index contributed by atoms with van der Waals surface area (Å²) in [6.07, 6.45) is 5.09. The van der Waals surface area contributed by atoms with Crippen molar-refractivity contribution in [3.8, 4) is 12.3 Å². The maximum Gasteiger partial charge on any atom is 0.308 e. The third-order valence-electron chi connectivity index (χ3n) is 3.20. The van der Waals surface area contributed by atoms with Crippen LogP contribution in [0.5, 0.6) is 0 Å². The number of thiophene rings is 1. The predicted octanol–water partition coefficient (Wildman–Crippen LogP) is 0.315. The van der Waals surface area contributed by atoms with Gasteiger partial charge in [-0.05, 0) is 12.1 Å². The van der Waals surface area contributed by atoms with Crippen LogP contribution in [0.25, 0.3) is 0 Å². The average Bonchev–Trinajstić information content (AvgIpc) is 2.88. The molecule has 6 nitrogen and oxygen atoms in total. The molecule has 0 bridgehead atoms. The molecule has 1 N–H and O–H groups in total. The van der Waals surface area contributed by atoms with E-state index in [9.17, 15) is 13.2 Å². The fourth-order valence-corrected chi connectivity index (χ4v) is 5.05. The Labute approximate surface area is 128 Å². The van der Waals surface area contributed by atoms with E-state index in [1.165, 1.54) is 10.4 Å². The number of nitrogens with zero attached hydrogens (tertiary/aromatic N) is 2. The van der Waals surface area contributed by atoms with E-state index < -0.39 is 16.0 Å². The molecule has 2 rings (SSSR count). The standard InChI is InChI=1S/C13H16N2O4S2/c1-2-5-14-6-8-15(9-7-14)21(18,19)13-4-3-11(20-13)10-12(16)17/h1,3-4H,5-10H2,(H,16,17). The maximum atomic E-state index is 12.5. The van der Waals surface area contributed by atoms with Crippen LogP contribution in [0, 0.1) is 12.3 Å². The van der Waals surface area contributed by atoms with Crippen LogP contribution in [0.4, 0.5) is 0 Å². The van der Waals surface area contributed by atoms with Gasteiger partial charge in [-0.2, -0.15) is 4.31 Å². The lowest BCUT2D eigenvalue weighted by Crippen LogP contribution is -2.48. The summed E-state index contributed by atoms with van der Waals surface area (Å²) in [6.45, 7) is 2.54. The second-order valence-electron chi connectivity index (χ2n) is 4.68. The number of terminal acetylenes is 1. The molecule has 1 saturated heterocycles. The Hall–Kier alpha value is -1.40. The normalized spacial score (nSPS) is 17.5. The van der Waals surface area contributed by atoms with Crippen LogP contribution in [0.3, 0.4) is 0 Å². The van der Waals surface area contributed by atoms with Gasteiger partial charge in [0.05, 0.1) is 13.0 Å². The summed E-state index contributed by atoms with van der Waals surface area (Å²) in [6, 6.07) is 3.03. The summed E-state index contributed by atoms with van der Waals surface area (Å²) in [4.78, 5) is 13.2. The van der Waals surface area contributed by atoms with Crippen LogP contribution >= 0.6 is 11.3 Å². The van der Waals surface area contributed by atoms with Gasteiger partial charge in [0.15, 0.2) is 0 Å². The largest absolute Gasteiger partial charge is 0.481 e. The molecular weight excluding hydrogens is 312 g/mol. The van der Waals surface area contributed by atoms with E-state index in [-0.39, 0.29) is 10.6 Å². The Bertz CT molecular complexity index is 652. The van der Waals surface area contributed by atoms with E-state index in [4.69, 9.17) is 11.5 Å². The first-order valence-corrected chi connectivity index (χ1v) is 8.65. The maximum absolute atomic E-state index is 12.5. The lowest BCUT2D eigenvalue weighted by Gasteiger charge is -2.32.